The van der Waals surface area contributed by atoms with Crippen LogP contribution in [-0.2, 0) is 11.3 Å². The summed E-state index contributed by atoms with van der Waals surface area (Å²) in [6.45, 7) is 5.07. The Morgan fingerprint density at radius 2 is 2.05 bits per heavy atom. The highest BCUT2D eigenvalue weighted by atomic mass is 16.5. The number of nitrogens with two attached hydrogens (primary N) is 1. The van der Waals surface area contributed by atoms with Gasteiger partial charge in [0.2, 0.25) is 0 Å². The Bertz CT molecular complexity index is 414. The predicted octanol–water partition coefficient (Wildman–Crippen LogP) is 2.08. The van der Waals surface area contributed by atoms with Gasteiger partial charge in [0.15, 0.2) is 0 Å². The Labute approximate surface area is 115 Å². The third-order valence-electron chi connectivity index (χ3n) is 3.51. The van der Waals surface area contributed by atoms with Gasteiger partial charge in [0, 0.05) is 24.8 Å². The first-order valence-corrected chi connectivity index (χ1v) is 6.69. The lowest BCUT2D eigenvalue weighted by Gasteiger charge is -2.26. The molecule has 0 heterocycles. The van der Waals surface area contributed by atoms with Crippen LogP contribution in [0, 0.1) is 0 Å². The zero-order valence-electron chi connectivity index (χ0n) is 12.0. The summed E-state index contributed by atoms with van der Waals surface area (Å²) in [4.78, 5) is 12.1. The van der Waals surface area contributed by atoms with Gasteiger partial charge in [-0.15, -0.1) is 0 Å². The van der Waals surface area contributed by atoms with Gasteiger partial charge in [-0.25, -0.2) is 0 Å². The summed E-state index contributed by atoms with van der Waals surface area (Å²) in [5, 5.41) is 2.91. The Balaban J connectivity index is 2.65. The molecular formula is C15H24N2O2. The minimum atomic E-state index is -0.320. The summed E-state index contributed by atoms with van der Waals surface area (Å²) in [6, 6.07) is 7.43. The molecule has 0 spiro atoms. The highest BCUT2D eigenvalue weighted by molar-refractivity contribution is 5.94. The van der Waals surface area contributed by atoms with Gasteiger partial charge < -0.3 is 15.8 Å². The smallest absolute Gasteiger partial charge is 0.251 e. The lowest BCUT2D eigenvalue weighted by atomic mass is 9.94. The lowest BCUT2D eigenvalue weighted by molar-refractivity contribution is 0.0942. The van der Waals surface area contributed by atoms with Crippen molar-refractivity contribution in [2.24, 2.45) is 5.73 Å². The van der Waals surface area contributed by atoms with E-state index >= 15 is 0 Å². The zero-order valence-corrected chi connectivity index (χ0v) is 12.0. The number of hydrogen-bond donors (Lipinski definition) is 2. The third kappa shape index (κ3) is 4.65. The van der Waals surface area contributed by atoms with Crippen LogP contribution in [0.2, 0.25) is 0 Å². The summed E-state index contributed by atoms with van der Waals surface area (Å²) in [5.74, 6) is -0.0883. The van der Waals surface area contributed by atoms with E-state index < -0.39 is 0 Å². The van der Waals surface area contributed by atoms with Crippen LogP contribution in [0.25, 0.3) is 0 Å². The van der Waals surface area contributed by atoms with Gasteiger partial charge in [-0.05, 0) is 30.5 Å². The Morgan fingerprint density at radius 1 is 1.37 bits per heavy atom. The van der Waals surface area contributed by atoms with Crippen molar-refractivity contribution in [2.75, 3.05) is 13.7 Å². The molecule has 0 aliphatic rings. The fourth-order valence-electron chi connectivity index (χ4n) is 1.83. The molecule has 1 aromatic rings. The van der Waals surface area contributed by atoms with Crippen molar-refractivity contribution in [3.8, 4) is 0 Å². The van der Waals surface area contributed by atoms with Crippen LogP contribution in [0.3, 0.4) is 0 Å². The molecule has 0 fully saturated rings. The van der Waals surface area contributed by atoms with E-state index in [0.29, 0.717) is 18.7 Å². The molecule has 0 saturated heterocycles. The molecule has 0 bridgehead atoms. The largest absolute Gasteiger partial charge is 0.380 e. The molecule has 0 aliphatic carbocycles. The van der Waals surface area contributed by atoms with Crippen molar-refractivity contribution >= 4 is 5.91 Å². The first-order chi connectivity index (χ1) is 9.04. The molecule has 1 rings (SSSR count). The number of amides is 1. The third-order valence-corrected chi connectivity index (χ3v) is 3.51. The maximum absolute atomic E-state index is 12.1. The molecule has 3 N–H and O–H groups in total. The number of methoxy groups -OCH3 is 1. The van der Waals surface area contributed by atoms with E-state index in [0.717, 1.165) is 18.4 Å². The minimum absolute atomic E-state index is 0.0883. The second-order valence-corrected chi connectivity index (χ2v) is 4.89. The van der Waals surface area contributed by atoms with Crippen LogP contribution >= 0.6 is 0 Å². The standard InChI is InChI=1S/C15H24N2O2/c1-4-15(16,5-2)11-17-14(18)13-8-6-7-12(9-13)10-19-3/h6-9H,4-5,10-11,16H2,1-3H3,(H,17,18). The zero-order chi connectivity index (χ0) is 14.3. The average molecular weight is 264 g/mol. The minimum Gasteiger partial charge on any atom is -0.380 e. The molecule has 4 heteroatoms. The van der Waals surface area contributed by atoms with E-state index in [1.54, 1.807) is 13.2 Å². The van der Waals surface area contributed by atoms with Gasteiger partial charge in [0.1, 0.15) is 0 Å². The van der Waals surface area contributed by atoms with E-state index in [9.17, 15) is 4.79 Å². The lowest BCUT2D eigenvalue weighted by Crippen LogP contribution is -2.49. The molecule has 0 saturated carbocycles. The van der Waals surface area contributed by atoms with Crippen LogP contribution in [0.1, 0.15) is 42.6 Å². The number of carbonyl (C=O) groups excluding carboxylic acids is 1. The number of rotatable bonds is 7. The molecule has 4 nitrogen and oxygen atoms in total. The first kappa shape index (κ1) is 15.7. The van der Waals surface area contributed by atoms with Crippen LogP contribution in [0.5, 0.6) is 0 Å². The quantitative estimate of drug-likeness (QED) is 0.792. The van der Waals surface area contributed by atoms with Gasteiger partial charge in [0.05, 0.1) is 6.61 Å². The van der Waals surface area contributed by atoms with E-state index in [4.69, 9.17) is 10.5 Å². The molecule has 106 valence electrons. The molecule has 0 radical (unpaired) electrons. The molecule has 0 atom stereocenters. The summed E-state index contributed by atoms with van der Waals surface area (Å²) < 4.78 is 5.06. The van der Waals surface area contributed by atoms with E-state index in [1.807, 2.05) is 32.0 Å². The van der Waals surface area contributed by atoms with Crippen molar-refractivity contribution in [3.05, 3.63) is 35.4 Å². The fourth-order valence-corrected chi connectivity index (χ4v) is 1.83. The van der Waals surface area contributed by atoms with Gasteiger partial charge in [0.25, 0.3) is 5.91 Å². The Hall–Kier alpha value is -1.39. The highest BCUT2D eigenvalue weighted by Crippen LogP contribution is 2.11. The van der Waals surface area contributed by atoms with Gasteiger partial charge in [-0.1, -0.05) is 26.0 Å². The van der Waals surface area contributed by atoms with Crippen molar-refractivity contribution in [2.45, 2.75) is 38.8 Å². The van der Waals surface area contributed by atoms with Crippen LogP contribution < -0.4 is 11.1 Å². The van der Waals surface area contributed by atoms with Crippen molar-refractivity contribution < 1.29 is 9.53 Å². The predicted molar refractivity (Wildman–Crippen MR) is 77.0 cm³/mol. The van der Waals surface area contributed by atoms with E-state index in [2.05, 4.69) is 5.32 Å². The number of nitrogens with one attached hydrogen (secondary N) is 1. The number of ether oxygens (including phenoxy) is 1. The fraction of sp³-hybridized carbons (Fsp3) is 0.533. The molecule has 1 aromatic carbocycles. The van der Waals surface area contributed by atoms with Gasteiger partial charge >= 0.3 is 0 Å². The summed E-state index contributed by atoms with van der Waals surface area (Å²) >= 11 is 0. The number of hydrogen-bond acceptors (Lipinski definition) is 3. The van der Waals surface area contributed by atoms with Crippen LogP contribution in [0.4, 0.5) is 0 Å². The monoisotopic (exact) mass is 264 g/mol. The van der Waals surface area contributed by atoms with Gasteiger partial charge in [-0.3, -0.25) is 4.79 Å². The molecule has 1 amide bonds. The Kier molecular flexibility index (Phi) is 5.99. The molecule has 19 heavy (non-hydrogen) atoms. The van der Waals surface area contributed by atoms with E-state index in [-0.39, 0.29) is 11.4 Å². The maximum Gasteiger partial charge on any atom is 0.251 e. The molecular weight excluding hydrogens is 240 g/mol. The van der Waals surface area contributed by atoms with Crippen molar-refractivity contribution in [3.63, 3.8) is 0 Å². The van der Waals surface area contributed by atoms with Gasteiger partial charge in [-0.2, -0.15) is 0 Å². The normalized spacial score (nSPS) is 11.4. The van der Waals surface area contributed by atoms with Crippen molar-refractivity contribution in [1.29, 1.82) is 0 Å². The van der Waals surface area contributed by atoms with E-state index in [1.165, 1.54) is 0 Å². The topological polar surface area (TPSA) is 64.3 Å². The second kappa shape index (κ2) is 7.26. The molecule has 0 unspecified atom stereocenters. The van der Waals surface area contributed by atoms with Crippen LogP contribution in [0.15, 0.2) is 24.3 Å². The van der Waals surface area contributed by atoms with Crippen LogP contribution in [-0.4, -0.2) is 25.1 Å². The maximum atomic E-state index is 12.1. The number of benzene rings is 1. The summed E-state index contributed by atoms with van der Waals surface area (Å²) in [7, 11) is 1.64. The first-order valence-electron chi connectivity index (χ1n) is 6.69. The SMILES string of the molecule is CCC(N)(CC)CNC(=O)c1cccc(COC)c1. The summed E-state index contributed by atoms with van der Waals surface area (Å²) in [5.41, 5.74) is 7.48. The molecule has 0 aromatic heterocycles. The van der Waals surface area contributed by atoms with Crippen molar-refractivity contribution in [1.82, 2.24) is 5.32 Å². The highest BCUT2D eigenvalue weighted by Gasteiger charge is 2.21. The Morgan fingerprint density at radius 3 is 2.63 bits per heavy atom. The summed E-state index contributed by atoms with van der Waals surface area (Å²) in [6.07, 6.45) is 1.68. The average Bonchev–Trinajstić information content (AvgIpc) is 2.45. The second-order valence-electron chi connectivity index (χ2n) is 4.89. The molecule has 0 aliphatic heterocycles. The number of carbonyl (C=O) groups is 1.